The standard InChI is InChI=1S/C13H16Cl2N2O/c14-10-5-4-9(11(15)7-10)8-17-12-3-1-2-6-16-13(12)18/h4-5,7,12,17H,1-3,6,8H2,(H,16,18). The van der Waals surface area contributed by atoms with Crippen molar-refractivity contribution in [2.75, 3.05) is 6.54 Å². The first-order valence-electron chi connectivity index (χ1n) is 6.12. The molecule has 1 fully saturated rings. The molecule has 0 spiro atoms. The quantitative estimate of drug-likeness (QED) is 0.897. The van der Waals surface area contributed by atoms with Gasteiger partial charge in [-0.1, -0.05) is 29.3 Å². The topological polar surface area (TPSA) is 41.1 Å². The summed E-state index contributed by atoms with van der Waals surface area (Å²) in [5.74, 6) is 0.0811. The molecule has 5 heteroatoms. The normalized spacial score (nSPS) is 20.3. The Morgan fingerprint density at radius 3 is 2.94 bits per heavy atom. The Kier molecular flexibility index (Phi) is 4.87. The lowest BCUT2D eigenvalue weighted by Crippen LogP contribution is -2.42. The third-order valence-corrected chi connectivity index (χ3v) is 3.68. The zero-order valence-electron chi connectivity index (χ0n) is 10.0. The molecule has 0 bridgehead atoms. The molecule has 0 aromatic heterocycles. The van der Waals surface area contributed by atoms with Crippen LogP contribution in [-0.4, -0.2) is 18.5 Å². The van der Waals surface area contributed by atoms with E-state index in [1.807, 2.05) is 6.07 Å². The van der Waals surface area contributed by atoms with Crippen LogP contribution >= 0.6 is 23.2 Å². The highest BCUT2D eigenvalue weighted by Crippen LogP contribution is 2.21. The van der Waals surface area contributed by atoms with Gasteiger partial charge < -0.3 is 10.6 Å². The van der Waals surface area contributed by atoms with Gasteiger partial charge in [-0.3, -0.25) is 4.79 Å². The molecule has 1 amide bonds. The third kappa shape index (κ3) is 3.61. The van der Waals surface area contributed by atoms with Crippen LogP contribution < -0.4 is 10.6 Å². The Hall–Kier alpha value is -0.770. The number of nitrogens with one attached hydrogen (secondary N) is 2. The molecule has 0 saturated carbocycles. The van der Waals surface area contributed by atoms with Crippen molar-refractivity contribution in [3.05, 3.63) is 33.8 Å². The van der Waals surface area contributed by atoms with Crippen LogP contribution in [0, 0.1) is 0 Å². The monoisotopic (exact) mass is 286 g/mol. The minimum atomic E-state index is -0.126. The summed E-state index contributed by atoms with van der Waals surface area (Å²) >= 11 is 11.9. The summed E-state index contributed by atoms with van der Waals surface area (Å²) in [6.45, 7) is 1.35. The molecule has 1 aliphatic heterocycles. The zero-order chi connectivity index (χ0) is 13.0. The van der Waals surface area contributed by atoms with Crippen molar-refractivity contribution in [3.63, 3.8) is 0 Å². The summed E-state index contributed by atoms with van der Waals surface area (Å²) < 4.78 is 0. The molecular weight excluding hydrogens is 271 g/mol. The third-order valence-electron chi connectivity index (χ3n) is 3.09. The van der Waals surface area contributed by atoms with Crippen molar-refractivity contribution in [3.8, 4) is 0 Å². The number of hydrogen-bond acceptors (Lipinski definition) is 2. The van der Waals surface area contributed by atoms with E-state index in [1.165, 1.54) is 0 Å². The maximum atomic E-state index is 11.7. The predicted molar refractivity (Wildman–Crippen MR) is 74.0 cm³/mol. The van der Waals surface area contributed by atoms with Gasteiger partial charge in [0, 0.05) is 23.1 Å². The number of rotatable bonds is 3. The molecule has 1 aromatic carbocycles. The maximum Gasteiger partial charge on any atom is 0.237 e. The molecule has 2 rings (SSSR count). The number of hydrogen-bond donors (Lipinski definition) is 2. The number of halogens is 2. The van der Waals surface area contributed by atoms with Crippen molar-refractivity contribution < 1.29 is 4.79 Å². The first-order chi connectivity index (χ1) is 8.66. The van der Waals surface area contributed by atoms with Crippen LogP contribution in [-0.2, 0) is 11.3 Å². The molecule has 1 atom stereocenters. The summed E-state index contributed by atoms with van der Waals surface area (Å²) in [6.07, 6.45) is 2.98. The van der Waals surface area contributed by atoms with E-state index in [0.717, 1.165) is 31.4 Å². The molecule has 1 aliphatic rings. The second kappa shape index (κ2) is 6.41. The van der Waals surface area contributed by atoms with Crippen LogP contribution in [0.1, 0.15) is 24.8 Å². The van der Waals surface area contributed by atoms with Crippen LogP contribution in [0.5, 0.6) is 0 Å². The van der Waals surface area contributed by atoms with Crippen LogP contribution in [0.15, 0.2) is 18.2 Å². The second-order valence-corrected chi connectivity index (χ2v) is 5.30. The van der Waals surface area contributed by atoms with Crippen molar-refractivity contribution in [1.29, 1.82) is 0 Å². The molecule has 98 valence electrons. The molecule has 1 unspecified atom stereocenters. The lowest BCUT2D eigenvalue weighted by atomic mass is 10.1. The Bertz CT molecular complexity index is 437. The number of carbonyl (C=O) groups excluding carboxylic acids is 1. The lowest BCUT2D eigenvalue weighted by Gasteiger charge is -2.15. The molecule has 3 nitrogen and oxygen atoms in total. The minimum absolute atomic E-state index is 0.0811. The van der Waals surface area contributed by atoms with Gasteiger partial charge in [0.15, 0.2) is 0 Å². The van der Waals surface area contributed by atoms with Gasteiger partial charge in [-0.25, -0.2) is 0 Å². The lowest BCUT2D eigenvalue weighted by molar-refractivity contribution is -0.122. The minimum Gasteiger partial charge on any atom is -0.355 e. The highest BCUT2D eigenvalue weighted by molar-refractivity contribution is 6.35. The van der Waals surface area contributed by atoms with Gasteiger partial charge in [-0.15, -0.1) is 0 Å². The van der Waals surface area contributed by atoms with Crippen LogP contribution in [0.3, 0.4) is 0 Å². The molecule has 1 aromatic rings. The van der Waals surface area contributed by atoms with Crippen LogP contribution in [0.2, 0.25) is 10.0 Å². The van der Waals surface area contributed by atoms with Crippen LogP contribution in [0.4, 0.5) is 0 Å². The average molecular weight is 287 g/mol. The highest BCUT2D eigenvalue weighted by Gasteiger charge is 2.19. The predicted octanol–water partition coefficient (Wildman–Crippen LogP) is 2.75. The van der Waals surface area contributed by atoms with Crippen molar-refractivity contribution >= 4 is 29.1 Å². The number of benzene rings is 1. The molecule has 1 heterocycles. The van der Waals surface area contributed by atoms with E-state index >= 15 is 0 Å². The molecule has 18 heavy (non-hydrogen) atoms. The summed E-state index contributed by atoms with van der Waals surface area (Å²) in [4.78, 5) is 11.7. The zero-order valence-corrected chi connectivity index (χ0v) is 11.5. The van der Waals surface area contributed by atoms with Gasteiger partial charge in [0.1, 0.15) is 0 Å². The van der Waals surface area contributed by atoms with E-state index in [0.29, 0.717) is 16.6 Å². The first kappa shape index (κ1) is 13.7. The van der Waals surface area contributed by atoms with Gasteiger partial charge >= 0.3 is 0 Å². The van der Waals surface area contributed by atoms with Gasteiger partial charge in [-0.2, -0.15) is 0 Å². The fourth-order valence-electron chi connectivity index (χ4n) is 2.03. The summed E-state index contributed by atoms with van der Waals surface area (Å²) in [5.41, 5.74) is 0.957. The Balaban J connectivity index is 1.95. The fraction of sp³-hybridized carbons (Fsp3) is 0.462. The van der Waals surface area contributed by atoms with E-state index in [9.17, 15) is 4.79 Å². The smallest absolute Gasteiger partial charge is 0.237 e. The Morgan fingerprint density at radius 2 is 2.17 bits per heavy atom. The molecule has 0 radical (unpaired) electrons. The molecule has 1 saturated heterocycles. The van der Waals surface area contributed by atoms with E-state index in [4.69, 9.17) is 23.2 Å². The van der Waals surface area contributed by atoms with Gasteiger partial charge in [-0.05, 0) is 37.0 Å². The SMILES string of the molecule is O=C1NCCCCC1NCc1ccc(Cl)cc1Cl. The summed E-state index contributed by atoms with van der Waals surface area (Å²) in [7, 11) is 0. The first-order valence-corrected chi connectivity index (χ1v) is 6.87. The van der Waals surface area contributed by atoms with Gasteiger partial charge in [0.2, 0.25) is 5.91 Å². The molecule has 0 aliphatic carbocycles. The fourth-order valence-corrected chi connectivity index (χ4v) is 2.51. The number of carbonyl (C=O) groups is 1. The molecular formula is C13H16Cl2N2O. The van der Waals surface area contributed by atoms with E-state index in [1.54, 1.807) is 12.1 Å². The summed E-state index contributed by atoms with van der Waals surface area (Å²) in [6, 6.07) is 5.27. The second-order valence-electron chi connectivity index (χ2n) is 4.46. The summed E-state index contributed by atoms with van der Waals surface area (Å²) in [5, 5.41) is 7.40. The van der Waals surface area contributed by atoms with E-state index < -0.39 is 0 Å². The van der Waals surface area contributed by atoms with Crippen molar-refractivity contribution in [2.45, 2.75) is 31.8 Å². The number of amides is 1. The van der Waals surface area contributed by atoms with Gasteiger partial charge in [0.25, 0.3) is 0 Å². The van der Waals surface area contributed by atoms with E-state index in [-0.39, 0.29) is 11.9 Å². The van der Waals surface area contributed by atoms with Crippen molar-refractivity contribution in [2.24, 2.45) is 0 Å². The van der Waals surface area contributed by atoms with Crippen LogP contribution in [0.25, 0.3) is 0 Å². The van der Waals surface area contributed by atoms with Crippen molar-refractivity contribution in [1.82, 2.24) is 10.6 Å². The molecule has 2 N–H and O–H groups in total. The average Bonchev–Trinajstić information content (AvgIpc) is 2.53. The Morgan fingerprint density at radius 1 is 1.33 bits per heavy atom. The Labute approximate surface area is 117 Å². The van der Waals surface area contributed by atoms with E-state index in [2.05, 4.69) is 10.6 Å². The maximum absolute atomic E-state index is 11.7. The highest BCUT2D eigenvalue weighted by atomic mass is 35.5. The van der Waals surface area contributed by atoms with Gasteiger partial charge in [0.05, 0.1) is 6.04 Å². The largest absolute Gasteiger partial charge is 0.355 e.